The SMILES string of the molecule is CC(=O)N[C@@H](COCc1cn(CCO[C@@H]2OC(CO)[C@@H](O[C@H]3OC(CO)[C@@H](O)C(O)C3O)C(O)C2O)nn1)C(=O)N[C@H](CCC(=O)O)C(=O)O. The molecule has 0 aliphatic carbocycles. The lowest BCUT2D eigenvalue weighted by atomic mass is 9.97. The van der Waals surface area contributed by atoms with Gasteiger partial charge in [0, 0.05) is 13.3 Å². The standard InChI is InChI=1S/C27H43N5O18/c1-11(35)28-14(24(43)29-13(25(44)45)2-3-17(36)37)10-46-9-12-6-32(31-30-12)4-5-47-26-22(42)20(40)23(16(8-34)49-26)50-27-21(41)19(39)18(38)15(7-33)48-27/h6,13-16,18-23,26-27,33-34,38-42H,2-5,7-10H2,1H3,(H,28,35)(H,29,43)(H,36,37)(H,44,45)/t13-,14+,15?,16?,18-,19?,20?,21?,22?,23-,26-,27-/m1/s1. The molecule has 1 aromatic heterocycles. The van der Waals surface area contributed by atoms with E-state index in [-0.39, 0.29) is 31.9 Å². The number of aromatic nitrogens is 3. The second-order valence-electron chi connectivity index (χ2n) is 11.4. The maximum absolute atomic E-state index is 12.6. The largest absolute Gasteiger partial charge is 0.481 e. The van der Waals surface area contributed by atoms with Gasteiger partial charge in [-0.15, -0.1) is 5.10 Å². The fourth-order valence-corrected chi connectivity index (χ4v) is 4.98. The minimum atomic E-state index is -1.81. The molecule has 2 fully saturated rings. The average Bonchev–Trinajstić information content (AvgIpc) is 3.52. The third-order valence-corrected chi connectivity index (χ3v) is 7.64. The van der Waals surface area contributed by atoms with Crippen molar-refractivity contribution in [2.24, 2.45) is 0 Å². The van der Waals surface area contributed by atoms with Crippen molar-refractivity contribution in [2.75, 3.05) is 26.4 Å². The molecule has 11 N–H and O–H groups in total. The predicted octanol–water partition coefficient (Wildman–Crippen LogP) is -6.63. The number of amides is 2. The molecule has 3 rings (SSSR count). The molecule has 0 saturated carbocycles. The summed E-state index contributed by atoms with van der Waals surface area (Å²) < 4.78 is 28.6. The molecular formula is C27H43N5O18. The highest BCUT2D eigenvalue weighted by molar-refractivity contribution is 5.90. The molecule has 23 heteroatoms. The summed E-state index contributed by atoms with van der Waals surface area (Å²) in [6.07, 6.45) is -15.4. The molecule has 0 radical (unpaired) electrons. The molecule has 0 spiro atoms. The van der Waals surface area contributed by atoms with Crippen LogP contribution < -0.4 is 10.6 Å². The summed E-state index contributed by atoms with van der Waals surface area (Å²) in [7, 11) is 0. The van der Waals surface area contributed by atoms with E-state index in [0.29, 0.717) is 0 Å². The van der Waals surface area contributed by atoms with Gasteiger partial charge in [0.2, 0.25) is 11.8 Å². The van der Waals surface area contributed by atoms with Gasteiger partial charge < -0.3 is 80.3 Å². The number of hydrogen-bond acceptors (Lipinski definition) is 18. The number of carbonyl (C=O) groups is 4. The number of hydrogen-bond donors (Lipinski definition) is 11. The lowest BCUT2D eigenvalue weighted by Crippen LogP contribution is -2.64. The number of aliphatic hydroxyl groups excluding tert-OH is 7. The van der Waals surface area contributed by atoms with E-state index in [2.05, 4.69) is 20.9 Å². The minimum absolute atomic E-state index is 0.0358. The Bertz CT molecular complexity index is 1270. The zero-order valence-electron chi connectivity index (χ0n) is 26.7. The van der Waals surface area contributed by atoms with Crippen molar-refractivity contribution in [3.8, 4) is 0 Å². The number of nitrogens with one attached hydrogen (secondary N) is 2. The van der Waals surface area contributed by atoms with Crippen molar-refractivity contribution in [3.05, 3.63) is 11.9 Å². The Morgan fingerprint density at radius 1 is 0.900 bits per heavy atom. The van der Waals surface area contributed by atoms with Crippen molar-refractivity contribution in [2.45, 2.75) is 106 Å². The van der Waals surface area contributed by atoms with E-state index in [0.717, 1.165) is 6.92 Å². The van der Waals surface area contributed by atoms with Gasteiger partial charge in [-0.1, -0.05) is 5.21 Å². The number of carbonyl (C=O) groups excluding carboxylic acids is 2. The maximum atomic E-state index is 12.6. The van der Waals surface area contributed by atoms with Crippen LogP contribution in [0.3, 0.4) is 0 Å². The molecule has 1 aromatic rings. The Balaban J connectivity index is 1.48. The summed E-state index contributed by atoms with van der Waals surface area (Å²) in [5.41, 5.74) is 0.273. The topological polar surface area (TPSA) is 351 Å². The molecule has 0 bridgehead atoms. The highest BCUT2D eigenvalue weighted by Crippen LogP contribution is 2.29. The molecule has 2 aliphatic rings. The van der Waals surface area contributed by atoms with E-state index >= 15 is 0 Å². The van der Waals surface area contributed by atoms with E-state index in [9.17, 15) is 60.0 Å². The first-order valence-corrected chi connectivity index (χ1v) is 15.4. The van der Waals surface area contributed by atoms with Gasteiger partial charge in [-0.05, 0) is 6.42 Å². The van der Waals surface area contributed by atoms with Crippen LogP contribution in [0.15, 0.2) is 6.20 Å². The van der Waals surface area contributed by atoms with Gasteiger partial charge in [-0.2, -0.15) is 0 Å². The summed E-state index contributed by atoms with van der Waals surface area (Å²) in [5, 5.41) is 101. The summed E-state index contributed by atoms with van der Waals surface area (Å²) in [5.74, 6) is -4.23. The summed E-state index contributed by atoms with van der Waals surface area (Å²) in [6, 6.07) is -2.83. The van der Waals surface area contributed by atoms with Gasteiger partial charge in [0.25, 0.3) is 0 Å². The van der Waals surface area contributed by atoms with Crippen molar-refractivity contribution < 1.29 is 88.8 Å². The molecule has 2 amide bonds. The molecule has 284 valence electrons. The van der Waals surface area contributed by atoms with Gasteiger partial charge in [-0.25, -0.2) is 9.48 Å². The molecule has 50 heavy (non-hydrogen) atoms. The fourth-order valence-electron chi connectivity index (χ4n) is 4.98. The van der Waals surface area contributed by atoms with Gasteiger partial charge in [0.15, 0.2) is 12.6 Å². The molecule has 2 saturated heterocycles. The third kappa shape index (κ3) is 11.3. The number of carboxylic acids is 2. The Kier molecular flexibility index (Phi) is 15.8. The second-order valence-corrected chi connectivity index (χ2v) is 11.4. The van der Waals surface area contributed by atoms with Crippen LogP contribution in [0.25, 0.3) is 0 Å². The number of nitrogens with zero attached hydrogens (tertiary/aromatic N) is 3. The van der Waals surface area contributed by atoms with Crippen molar-refractivity contribution in [1.29, 1.82) is 0 Å². The number of aliphatic carboxylic acids is 2. The Hall–Kier alpha value is -3.46. The van der Waals surface area contributed by atoms with Crippen LogP contribution in [0.2, 0.25) is 0 Å². The molecular weight excluding hydrogens is 682 g/mol. The van der Waals surface area contributed by atoms with Crippen LogP contribution in [-0.2, 0) is 56.0 Å². The van der Waals surface area contributed by atoms with E-state index < -0.39 is 123 Å². The molecule has 6 unspecified atom stereocenters. The van der Waals surface area contributed by atoms with E-state index in [1.807, 2.05) is 0 Å². The van der Waals surface area contributed by atoms with Crippen LogP contribution in [0.5, 0.6) is 0 Å². The van der Waals surface area contributed by atoms with Gasteiger partial charge in [0.1, 0.15) is 66.6 Å². The van der Waals surface area contributed by atoms with Crippen molar-refractivity contribution >= 4 is 23.8 Å². The highest BCUT2D eigenvalue weighted by Gasteiger charge is 2.50. The van der Waals surface area contributed by atoms with E-state index in [1.54, 1.807) is 0 Å². The van der Waals surface area contributed by atoms with Gasteiger partial charge >= 0.3 is 11.9 Å². The minimum Gasteiger partial charge on any atom is -0.481 e. The molecule has 2 aliphatic heterocycles. The van der Waals surface area contributed by atoms with Crippen molar-refractivity contribution in [1.82, 2.24) is 25.6 Å². The van der Waals surface area contributed by atoms with Crippen LogP contribution >= 0.6 is 0 Å². The Labute approximate surface area is 283 Å². The Morgan fingerprint density at radius 2 is 1.56 bits per heavy atom. The smallest absolute Gasteiger partial charge is 0.326 e. The lowest BCUT2D eigenvalue weighted by Gasteiger charge is -2.45. The summed E-state index contributed by atoms with van der Waals surface area (Å²) in [6.45, 7) is -1.07. The normalized spacial score (nSPS) is 31.0. The summed E-state index contributed by atoms with van der Waals surface area (Å²) >= 11 is 0. The monoisotopic (exact) mass is 725 g/mol. The average molecular weight is 726 g/mol. The first-order chi connectivity index (χ1) is 23.7. The predicted molar refractivity (Wildman–Crippen MR) is 156 cm³/mol. The van der Waals surface area contributed by atoms with Crippen LogP contribution in [0, 0.1) is 0 Å². The van der Waals surface area contributed by atoms with Gasteiger partial charge in [-0.3, -0.25) is 14.4 Å². The first kappa shape index (κ1) is 41.0. The first-order valence-electron chi connectivity index (χ1n) is 15.4. The zero-order valence-corrected chi connectivity index (χ0v) is 26.7. The second kappa shape index (κ2) is 19.2. The van der Waals surface area contributed by atoms with Gasteiger partial charge in [0.05, 0.1) is 45.8 Å². The zero-order chi connectivity index (χ0) is 37.1. The lowest BCUT2D eigenvalue weighted by molar-refractivity contribution is -0.359. The highest BCUT2D eigenvalue weighted by atomic mass is 16.7. The number of rotatable bonds is 19. The van der Waals surface area contributed by atoms with Crippen LogP contribution in [0.4, 0.5) is 0 Å². The molecule has 23 nitrogen and oxygen atoms in total. The number of aliphatic hydroxyl groups is 7. The maximum Gasteiger partial charge on any atom is 0.326 e. The summed E-state index contributed by atoms with van der Waals surface area (Å²) in [4.78, 5) is 46.4. The molecule has 0 aromatic carbocycles. The Morgan fingerprint density at radius 3 is 2.18 bits per heavy atom. The number of carboxylic acid groups (broad SMARTS) is 2. The van der Waals surface area contributed by atoms with Crippen LogP contribution in [0.1, 0.15) is 25.5 Å². The quantitative estimate of drug-likeness (QED) is 0.0631. The fraction of sp³-hybridized carbons (Fsp3) is 0.778. The van der Waals surface area contributed by atoms with E-state index in [4.69, 9.17) is 28.8 Å². The van der Waals surface area contributed by atoms with E-state index in [1.165, 1.54) is 10.9 Å². The van der Waals surface area contributed by atoms with Crippen molar-refractivity contribution in [3.63, 3.8) is 0 Å². The molecule has 12 atom stereocenters. The molecule has 3 heterocycles. The third-order valence-electron chi connectivity index (χ3n) is 7.64. The van der Waals surface area contributed by atoms with Crippen LogP contribution in [-0.4, -0.2) is 185 Å². The number of ether oxygens (including phenoxy) is 5.